The maximum atomic E-state index is 2.72. The molecule has 2 nitrogen and oxygen atoms in total. The summed E-state index contributed by atoms with van der Waals surface area (Å²) in [6, 6.07) is 0.923. The van der Waals surface area contributed by atoms with Gasteiger partial charge in [-0.3, -0.25) is 0 Å². The lowest BCUT2D eigenvalue weighted by molar-refractivity contribution is -0.932. The molecule has 0 saturated carbocycles. The van der Waals surface area contributed by atoms with Crippen LogP contribution in [0.4, 0.5) is 0 Å². The largest absolute Gasteiger partial charge is 0.308 e. The van der Waals surface area contributed by atoms with Crippen LogP contribution in [0.2, 0.25) is 0 Å². The van der Waals surface area contributed by atoms with Gasteiger partial charge in [-0.15, -0.1) is 0 Å². The molecule has 0 radical (unpaired) electrons. The van der Waals surface area contributed by atoms with E-state index in [1.807, 2.05) is 0 Å². The average Bonchev–Trinajstić information content (AvgIpc) is 2.76. The van der Waals surface area contributed by atoms with E-state index in [-0.39, 0.29) is 0 Å². The Morgan fingerprint density at radius 3 is 2.31 bits per heavy atom. The summed E-state index contributed by atoms with van der Waals surface area (Å²) in [5.41, 5.74) is 0.357. The molecule has 2 aliphatic rings. The zero-order valence-corrected chi connectivity index (χ0v) is 11.6. The second-order valence-electron chi connectivity index (χ2n) is 6.85. The fourth-order valence-corrected chi connectivity index (χ4v) is 3.60. The van der Waals surface area contributed by atoms with Crippen molar-refractivity contribution in [3.63, 3.8) is 0 Å². The molecule has 2 saturated heterocycles. The zero-order chi connectivity index (χ0) is 11.8. The third kappa shape index (κ3) is 2.14. The molecule has 0 aromatic heterocycles. The molecule has 2 heterocycles. The van der Waals surface area contributed by atoms with Crippen molar-refractivity contribution in [1.82, 2.24) is 4.90 Å². The lowest BCUT2D eigenvalue weighted by Gasteiger charge is -2.36. The second-order valence-corrected chi connectivity index (χ2v) is 6.85. The second kappa shape index (κ2) is 4.30. The Morgan fingerprint density at radius 2 is 1.81 bits per heavy atom. The summed E-state index contributed by atoms with van der Waals surface area (Å²) in [6.45, 7) is 15.0. The number of hydrogen-bond acceptors (Lipinski definition) is 1. The summed E-state index contributed by atoms with van der Waals surface area (Å²) in [4.78, 5) is 2.72. The van der Waals surface area contributed by atoms with Crippen LogP contribution in [0.3, 0.4) is 0 Å². The summed E-state index contributed by atoms with van der Waals surface area (Å²) < 4.78 is 1.42. The minimum atomic E-state index is 0.357. The minimum absolute atomic E-state index is 0.357. The highest BCUT2D eigenvalue weighted by Crippen LogP contribution is 2.35. The van der Waals surface area contributed by atoms with Crippen LogP contribution in [0.5, 0.6) is 0 Å². The van der Waals surface area contributed by atoms with Crippen molar-refractivity contribution in [3.8, 4) is 0 Å². The van der Waals surface area contributed by atoms with E-state index in [9.17, 15) is 0 Å². The topological polar surface area (TPSA) is 3.24 Å². The molecule has 0 N–H and O–H groups in total. The first kappa shape index (κ1) is 12.4. The Bertz CT molecular complexity index is 236. The van der Waals surface area contributed by atoms with Crippen molar-refractivity contribution in [2.45, 2.75) is 65.0 Å². The van der Waals surface area contributed by atoms with E-state index in [0.29, 0.717) is 5.54 Å². The molecule has 1 unspecified atom stereocenters. The zero-order valence-electron chi connectivity index (χ0n) is 11.6. The maximum Gasteiger partial charge on any atom is 0.135 e. The molecular weight excluding hydrogens is 196 g/mol. The Hall–Kier alpha value is -0.0800. The first-order chi connectivity index (χ1) is 7.48. The van der Waals surface area contributed by atoms with Crippen molar-refractivity contribution in [2.24, 2.45) is 0 Å². The smallest absolute Gasteiger partial charge is 0.135 e. The molecule has 0 aromatic rings. The summed E-state index contributed by atoms with van der Waals surface area (Å²) in [5.74, 6) is 0. The molecular formula is C14H29N2+. The fraction of sp³-hybridized carbons (Fsp3) is 1.00. The van der Waals surface area contributed by atoms with Crippen LogP contribution in [0.1, 0.15) is 53.4 Å². The summed E-state index contributed by atoms with van der Waals surface area (Å²) >= 11 is 0. The van der Waals surface area contributed by atoms with Crippen molar-refractivity contribution >= 4 is 0 Å². The lowest BCUT2D eigenvalue weighted by atomic mass is 10.1. The third-order valence-electron chi connectivity index (χ3n) is 4.69. The molecule has 0 aromatic carbocycles. The molecule has 2 heteroatoms. The quantitative estimate of drug-likeness (QED) is 0.653. The number of hydrogen-bond donors (Lipinski definition) is 0. The first-order valence-electron chi connectivity index (χ1n) is 7.09. The van der Waals surface area contributed by atoms with Gasteiger partial charge in [0.25, 0.3) is 0 Å². The fourth-order valence-electron chi connectivity index (χ4n) is 3.60. The van der Waals surface area contributed by atoms with Gasteiger partial charge < -0.3 is 4.48 Å². The minimum Gasteiger partial charge on any atom is -0.308 e. The Morgan fingerprint density at radius 1 is 1.19 bits per heavy atom. The van der Waals surface area contributed by atoms with E-state index >= 15 is 0 Å². The van der Waals surface area contributed by atoms with Crippen molar-refractivity contribution in [3.05, 3.63) is 0 Å². The van der Waals surface area contributed by atoms with Gasteiger partial charge in [0.2, 0.25) is 0 Å². The molecule has 16 heavy (non-hydrogen) atoms. The molecule has 1 atom stereocenters. The highest BCUT2D eigenvalue weighted by Gasteiger charge is 2.49. The van der Waals surface area contributed by atoms with E-state index in [1.165, 1.54) is 56.5 Å². The molecule has 2 aliphatic heterocycles. The van der Waals surface area contributed by atoms with Gasteiger partial charge in [0, 0.05) is 24.8 Å². The summed E-state index contributed by atoms with van der Waals surface area (Å²) in [5, 5.41) is 0. The molecule has 2 fully saturated rings. The van der Waals surface area contributed by atoms with Gasteiger partial charge in [0.05, 0.1) is 19.6 Å². The van der Waals surface area contributed by atoms with Crippen molar-refractivity contribution < 1.29 is 4.48 Å². The van der Waals surface area contributed by atoms with E-state index < -0.39 is 0 Å². The average molecular weight is 225 g/mol. The van der Waals surface area contributed by atoms with Crippen LogP contribution >= 0.6 is 0 Å². The Labute approximate surface area is 101 Å². The van der Waals surface area contributed by atoms with Crippen molar-refractivity contribution in [1.29, 1.82) is 0 Å². The van der Waals surface area contributed by atoms with E-state index in [1.54, 1.807) is 0 Å². The van der Waals surface area contributed by atoms with Gasteiger partial charge in [-0.1, -0.05) is 13.3 Å². The predicted octanol–water partition coefficient (Wildman–Crippen LogP) is 2.84. The van der Waals surface area contributed by atoms with E-state index in [4.69, 9.17) is 0 Å². The van der Waals surface area contributed by atoms with Crippen molar-refractivity contribution in [2.75, 3.05) is 26.3 Å². The van der Waals surface area contributed by atoms with Crippen LogP contribution in [0.15, 0.2) is 0 Å². The van der Waals surface area contributed by atoms with Gasteiger partial charge in [0.15, 0.2) is 0 Å². The number of rotatable bonds is 2. The van der Waals surface area contributed by atoms with E-state index in [0.717, 1.165) is 6.04 Å². The maximum absolute atomic E-state index is 2.72. The normalized spacial score (nSPS) is 30.4. The molecule has 2 rings (SSSR count). The van der Waals surface area contributed by atoms with Crippen LogP contribution in [-0.4, -0.2) is 47.3 Å². The SMILES string of the molecule is CCCC1CN(C(C)(C)C)C[N+]12CCCC2. The molecule has 1 spiro atoms. The molecule has 0 aliphatic carbocycles. The van der Waals surface area contributed by atoms with Crippen LogP contribution < -0.4 is 0 Å². The van der Waals surface area contributed by atoms with Gasteiger partial charge in [-0.05, 0) is 20.8 Å². The Balaban J connectivity index is 2.11. The molecule has 0 amide bonds. The number of nitrogens with zero attached hydrogens (tertiary/aromatic N) is 2. The summed E-state index contributed by atoms with van der Waals surface area (Å²) in [6.07, 6.45) is 5.69. The molecule has 94 valence electrons. The van der Waals surface area contributed by atoms with Gasteiger partial charge in [-0.2, -0.15) is 0 Å². The van der Waals surface area contributed by atoms with Crippen LogP contribution in [0.25, 0.3) is 0 Å². The standard InChI is InChI=1S/C14H29N2/c1-5-8-13-11-15(14(2,3)4)12-16(13)9-6-7-10-16/h13H,5-12H2,1-4H3/q+1. The van der Waals surface area contributed by atoms with Crippen LogP contribution in [-0.2, 0) is 0 Å². The molecule has 0 bridgehead atoms. The monoisotopic (exact) mass is 225 g/mol. The predicted molar refractivity (Wildman–Crippen MR) is 69.3 cm³/mol. The third-order valence-corrected chi connectivity index (χ3v) is 4.69. The highest BCUT2D eigenvalue weighted by atomic mass is 15.5. The van der Waals surface area contributed by atoms with Gasteiger partial charge in [0.1, 0.15) is 12.7 Å². The number of quaternary nitrogens is 1. The van der Waals surface area contributed by atoms with Crippen LogP contribution in [0, 0.1) is 0 Å². The Kier molecular flexibility index (Phi) is 3.33. The van der Waals surface area contributed by atoms with Gasteiger partial charge in [-0.25, -0.2) is 4.90 Å². The lowest BCUT2D eigenvalue weighted by Crippen LogP contribution is -2.51. The first-order valence-corrected chi connectivity index (χ1v) is 7.09. The summed E-state index contributed by atoms with van der Waals surface area (Å²) in [7, 11) is 0. The van der Waals surface area contributed by atoms with Gasteiger partial charge >= 0.3 is 0 Å². The highest BCUT2D eigenvalue weighted by molar-refractivity contribution is 4.83. The van der Waals surface area contributed by atoms with E-state index in [2.05, 4.69) is 32.6 Å².